The molecule has 0 aromatic rings. The van der Waals surface area contributed by atoms with Crippen LogP contribution in [0.15, 0.2) is 29.4 Å². The van der Waals surface area contributed by atoms with Crippen LogP contribution in [0.1, 0.15) is 6.92 Å². The Bertz CT molecular complexity index is 191. The zero-order valence-corrected chi connectivity index (χ0v) is 5.99. The van der Waals surface area contributed by atoms with Gasteiger partial charge in [-0.3, -0.25) is 0 Å². The lowest BCUT2D eigenvalue weighted by Crippen LogP contribution is -2.86. The van der Waals surface area contributed by atoms with Crippen LogP contribution in [0.2, 0.25) is 0 Å². The van der Waals surface area contributed by atoms with Crippen LogP contribution in [0.3, 0.4) is 0 Å². The van der Waals surface area contributed by atoms with Crippen molar-refractivity contribution in [2.45, 2.75) is 6.92 Å². The third kappa shape index (κ3) is 1.52. The van der Waals surface area contributed by atoms with Crippen molar-refractivity contribution in [2.75, 3.05) is 0 Å². The summed E-state index contributed by atoms with van der Waals surface area (Å²) in [5, 5.41) is 4.00. The molecule has 4 N–H and O–H groups in total. The molecule has 0 fully saturated rings. The first-order valence-corrected chi connectivity index (χ1v) is 3.30. The van der Waals surface area contributed by atoms with Crippen molar-refractivity contribution in [3.05, 3.63) is 24.3 Å². The summed E-state index contributed by atoms with van der Waals surface area (Å²) in [5.74, 6) is 5.54. The Balaban J connectivity index is 2.70. The third-order valence-electron chi connectivity index (χ3n) is 1.47. The predicted octanol–water partition coefficient (Wildman–Crippen LogP) is -0.458. The van der Waals surface area contributed by atoms with Crippen molar-refractivity contribution >= 4 is 5.71 Å². The summed E-state index contributed by atoms with van der Waals surface area (Å²) >= 11 is 0. The van der Waals surface area contributed by atoms with Crippen molar-refractivity contribution < 1.29 is 5.53 Å². The van der Waals surface area contributed by atoms with Crippen molar-refractivity contribution in [1.29, 1.82) is 0 Å². The second kappa shape index (κ2) is 3.29. The van der Waals surface area contributed by atoms with Gasteiger partial charge in [-0.15, -0.1) is 5.53 Å². The molecule has 1 aliphatic rings. The lowest BCUT2D eigenvalue weighted by Gasteiger charge is -2.06. The molecule has 3 heteroatoms. The highest BCUT2D eigenvalue weighted by Gasteiger charge is 2.06. The van der Waals surface area contributed by atoms with Crippen LogP contribution < -0.4 is 11.4 Å². The Morgan fingerprint density at radius 2 is 2.40 bits per heavy atom. The normalized spacial score (nSPS) is 27.8. The maximum atomic E-state index is 5.15. The second-order valence-corrected chi connectivity index (χ2v) is 2.24. The molecule has 0 spiro atoms. The maximum Gasteiger partial charge on any atom is 0.104 e. The average molecular weight is 138 g/mol. The lowest BCUT2D eigenvalue weighted by molar-refractivity contribution is -0.673. The largest absolute Gasteiger partial charge is 0.157 e. The first kappa shape index (κ1) is 7.18. The zero-order valence-electron chi connectivity index (χ0n) is 5.99. The Hall–Kier alpha value is -0.930. The van der Waals surface area contributed by atoms with Gasteiger partial charge in [-0.05, 0) is 6.08 Å². The molecule has 0 aromatic carbocycles. The Morgan fingerprint density at radius 1 is 1.60 bits per heavy atom. The van der Waals surface area contributed by atoms with E-state index in [1.165, 1.54) is 5.53 Å². The molecule has 3 nitrogen and oxygen atoms in total. The van der Waals surface area contributed by atoms with E-state index >= 15 is 0 Å². The molecule has 0 aromatic heterocycles. The molecule has 0 saturated carbocycles. The summed E-state index contributed by atoms with van der Waals surface area (Å²) in [7, 11) is 0. The van der Waals surface area contributed by atoms with E-state index in [0.717, 1.165) is 5.71 Å². The molecule has 1 unspecified atom stereocenters. The van der Waals surface area contributed by atoms with Gasteiger partial charge < -0.3 is 0 Å². The molecule has 0 amide bonds. The molecule has 1 aliphatic carbocycles. The highest BCUT2D eigenvalue weighted by molar-refractivity contribution is 5.98. The number of allylic oxidation sites excluding steroid dienone is 4. The molecule has 0 bridgehead atoms. The quantitative estimate of drug-likeness (QED) is 0.374. The van der Waals surface area contributed by atoms with Crippen LogP contribution in [-0.2, 0) is 0 Å². The lowest BCUT2D eigenvalue weighted by atomic mass is 10.0. The van der Waals surface area contributed by atoms with Crippen LogP contribution in [0.4, 0.5) is 0 Å². The number of hydrogen-bond donors (Lipinski definition) is 2. The Labute approximate surface area is 60.3 Å². The summed E-state index contributed by atoms with van der Waals surface area (Å²) in [4.78, 5) is 0. The summed E-state index contributed by atoms with van der Waals surface area (Å²) in [6.07, 6.45) is 8.03. The van der Waals surface area contributed by atoms with Gasteiger partial charge in [-0.1, -0.05) is 30.3 Å². The molecule has 1 atom stereocenters. The van der Waals surface area contributed by atoms with Gasteiger partial charge in [0.05, 0.1) is 0 Å². The molecule has 1 rings (SSSR count). The molecule has 54 valence electrons. The van der Waals surface area contributed by atoms with E-state index in [0.29, 0.717) is 5.92 Å². The van der Waals surface area contributed by atoms with E-state index in [2.05, 4.69) is 18.1 Å². The van der Waals surface area contributed by atoms with Crippen molar-refractivity contribution in [3.8, 4) is 0 Å². The number of hydrogen-bond acceptors (Lipinski definition) is 2. The van der Waals surface area contributed by atoms with Crippen molar-refractivity contribution in [3.63, 3.8) is 0 Å². The Kier molecular flexibility index (Phi) is 2.36. The first-order valence-electron chi connectivity index (χ1n) is 3.30. The van der Waals surface area contributed by atoms with Gasteiger partial charge in [0.25, 0.3) is 0 Å². The minimum absolute atomic E-state index is 0.393. The summed E-state index contributed by atoms with van der Waals surface area (Å²) in [5.41, 5.74) is 2.35. The van der Waals surface area contributed by atoms with E-state index in [1.807, 2.05) is 18.2 Å². The van der Waals surface area contributed by atoms with E-state index in [9.17, 15) is 0 Å². The van der Waals surface area contributed by atoms with E-state index in [-0.39, 0.29) is 0 Å². The second-order valence-electron chi connectivity index (χ2n) is 2.24. The summed E-state index contributed by atoms with van der Waals surface area (Å²) in [6.45, 7) is 2.09. The summed E-state index contributed by atoms with van der Waals surface area (Å²) < 4.78 is 0. The van der Waals surface area contributed by atoms with E-state index in [4.69, 9.17) is 5.84 Å². The monoisotopic (exact) mass is 138 g/mol. The van der Waals surface area contributed by atoms with Crippen molar-refractivity contribution in [1.82, 2.24) is 0 Å². The highest BCUT2D eigenvalue weighted by Crippen LogP contribution is 2.06. The smallest absolute Gasteiger partial charge is 0.104 e. The van der Waals surface area contributed by atoms with Crippen molar-refractivity contribution in [2.24, 2.45) is 16.9 Å². The van der Waals surface area contributed by atoms with Crippen LogP contribution in [0, 0.1) is 5.92 Å². The average Bonchev–Trinajstić information content (AvgIpc) is 1.94. The first-order chi connectivity index (χ1) is 4.84. The van der Waals surface area contributed by atoms with Gasteiger partial charge in [0.15, 0.2) is 0 Å². The van der Waals surface area contributed by atoms with Gasteiger partial charge in [0.1, 0.15) is 5.71 Å². The van der Waals surface area contributed by atoms with Gasteiger partial charge in [0.2, 0.25) is 0 Å². The Morgan fingerprint density at radius 3 is 3.00 bits per heavy atom. The molecular formula is C7H12N3+. The van der Waals surface area contributed by atoms with Crippen LogP contribution in [0.5, 0.6) is 0 Å². The van der Waals surface area contributed by atoms with Crippen LogP contribution in [-0.4, -0.2) is 5.71 Å². The molecule has 0 saturated heterocycles. The minimum Gasteiger partial charge on any atom is -0.157 e. The van der Waals surface area contributed by atoms with Gasteiger partial charge in [0, 0.05) is 5.92 Å². The molecule has 0 aliphatic heterocycles. The summed E-state index contributed by atoms with van der Waals surface area (Å²) in [6, 6.07) is 0. The molecule has 0 radical (unpaired) electrons. The fourth-order valence-electron chi connectivity index (χ4n) is 0.882. The number of nitrogens with two attached hydrogens (primary N) is 2. The predicted molar refractivity (Wildman–Crippen MR) is 41.0 cm³/mol. The number of quaternary nitrogens is 1. The number of nitrogens with zero attached hydrogens (tertiary/aromatic N) is 1. The topological polar surface area (TPSA) is 55.0 Å². The molecular weight excluding hydrogens is 126 g/mol. The maximum absolute atomic E-state index is 5.15. The van der Waals surface area contributed by atoms with Crippen LogP contribution in [0.25, 0.3) is 0 Å². The highest BCUT2D eigenvalue weighted by atomic mass is 15.5. The fourth-order valence-corrected chi connectivity index (χ4v) is 0.882. The van der Waals surface area contributed by atoms with Gasteiger partial charge >= 0.3 is 0 Å². The number of rotatable bonds is 1. The third-order valence-corrected chi connectivity index (χ3v) is 1.47. The molecule has 10 heavy (non-hydrogen) atoms. The van der Waals surface area contributed by atoms with E-state index in [1.54, 1.807) is 0 Å². The van der Waals surface area contributed by atoms with Gasteiger partial charge in [-0.25, -0.2) is 0 Å². The zero-order chi connectivity index (χ0) is 7.40. The van der Waals surface area contributed by atoms with Crippen LogP contribution >= 0.6 is 0 Å². The molecule has 0 heterocycles. The van der Waals surface area contributed by atoms with Gasteiger partial charge in [-0.2, -0.15) is 5.84 Å². The van der Waals surface area contributed by atoms with E-state index < -0.39 is 0 Å². The standard InChI is InChI=1S/C7H11N3/c1-6-4-2-3-5-7(6)9-10-8/h2-6,10H,8H2,1H3/p+1. The SMILES string of the molecule is CC1C=CC=CC1=N[NH2+]N. The fraction of sp³-hybridized carbons (Fsp3) is 0.286. The minimum atomic E-state index is 0.393.